The third-order valence-electron chi connectivity index (χ3n) is 6.43. The van der Waals surface area contributed by atoms with Gasteiger partial charge in [-0.1, -0.05) is 90.5 Å². The molecular weight excluding hydrogens is 834 g/mol. The quantitative estimate of drug-likeness (QED) is 0.0740. The Bertz CT molecular complexity index is 1450. The van der Waals surface area contributed by atoms with E-state index in [0.717, 1.165) is 39.8 Å². The molecule has 10 heteroatoms. The van der Waals surface area contributed by atoms with E-state index in [2.05, 4.69) is 117 Å². The van der Waals surface area contributed by atoms with Gasteiger partial charge in [0.2, 0.25) is 0 Å². The predicted molar refractivity (Wildman–Crippen MR) is 210 cm³/mol. The zero-order valence-electron chi connectivity index (χ0n) is 28.0. The highest BCUT2D eigenvalue weighted by Crippen LogP contribution is 2.17. The first-order chi connectivity index (χ1) is 23.3. The molecule has 0 fully saturated rings. The lowest BCUT2D eigenvalue weighted by molar-refractivity contribution is -0.144. The summed E-state index contributed by atoms with van der Waals surface area (Å²) in [7, 11) is 3.31. The fourth-order valence-corrected chi connectivity index (χ4v) is 3.74. The Hall–Kier alpha value is -3.46. The summed E-state index contributed by atoms with van der Waals surface area (Å²) in [6, 6.07) is 31.6. The SMILES string of the molecule is C=CC(=O)OCc1ccc(OCc2ccc(C)cc2)cc1.CN.CNCCC(=O)OCc1ccc(OCc2ccc(C)cc2)cc1.II. The average molecular weight is 881 g/mol. The van der Waals surface area contributed by atoms with E-state index < -0.39 is 5.97 Å². The van der Waals surface area contributed by atoms with Crippen LogP contribution in [0.25, 0.3) is 0 Å². The molecular formula is C38H46I2N2O6. The molecule has 0 saturated heterocycles. The molecule has 0 aliphatic heterocycles. The maximum atomic E-state index is 11.4. The van der Waals surface area contributed by atoms with Gasteiger partial charge in [0, 0.05) is 49.9 Å². The number of nitrogens with one attached hydrogen (secondary N) is 1. The Labute approximate surface area is 308 Å². The Balaban J connectivity index is 0.000000436. The zero-order valence-corrected chi connectivity index (χ0v) is 32.4. The van der Waals surface area contributed by atoms with E-state index in [1.807, 2.05) is 55.6 Å². The van der Waals surface area contributed by atoms with Crippen molar-refractivity contribution < 1.29 is 28.5 Å². The molecule has 0 saturated carbocycles. The van der Waals surface area contributed by atoms with Gasteiger partial charge in [-0.05, 0) is 74.5 Å². The van der Waals surface area contributed by atoms with Crippen LogP contribution >= 0.6 is 37.2 Å². The van der Waals surface area contributed by atoms with Gasteiger partial charge in [-0.15, -0.1) is 0 Å². The number of hydrogen-bond donors (Lipinski definition) is 2. The second-order valence-corrected chi connectivity index (χ2v) is 10.2. The van der Waals surface area contributed by atoms with Gasteiger partial charge in [-0.25, -0.2) is 4.79 Å². The van der Waals surface area contributed by atoms with Crippen LogP contribution in [0, 0.1) is 13.8 Å². The van der Waals surface area contributed by atoms with E-state index in [1.54, 1.807) is 0 Å². The lowest BCUT2D eigenvalue weighted by Crippen LogP contribution is -2.14. The lowest BCUT2D eigenvalue weighted by atomic mass is 10.2. The van der Waals surface area contributed by atoms with Crippen LogP contribution in [-0.2, 0) is 45.5 Å². The lowest BCUT2D eigenvalue weighted by Gasteiger charge is -2.08. The van der Waals surface area contributed by atoms with E-state index >= 15 is 0 Å². The minimum atomic E-state index is -0.422. The van der Waals surface area contributed by atoms with E-state index in [-0.39, 0.29) is 12.6 Å². The number of rotatable bonds is 14. The summed E-state index contributed by atoms with van der Waals surface area (Å²) >= 11 is 4.24. The Morgan fingerprint density at radius 1 is 0.646 bits per heavy atom. The van der Waals surface area contributed by atoms with Gasteiger partial charge in [-0.3, -0.25) is 4.79 Å². The van der Waals surface area contributed by atoms with Crippen molar-refractivity contribution in [3.63, 3.8) is 0 Å². The highest BCUT2D eigenvalue weighted by Gasteiger charge is 2.04. The summed E-state index contributed by atoms with van der Waals surface area (Å²) < 4.78 is 21.6. The van der Waals surface area contributed by atoms with Gasteiger partial charge < -0.3 is 30.0 Å². The number of aryl methyl sites for hydroxylation is 2. The van der Waals surface area contributed by atoms with Crippen molar-refractivity contribution in [1.29, 1.82) is 0 Å². The van der Waals surface area contributed by atoms with Crippen LogP contribution in [0.2, 0.25) is 0 Å². The number of hydrogen-bond acceptors (Lipinski definition) is 8. The second kappa shape index (κ2) is 26.5. The van der Waals surface area contributed by atoms with Crippen molar-refractivity contribution in [3.05, 3.63) is 143 Å². The maximum absolute atomic E-state index is 11.4. The van der Waals surface area contributed by atoms with Gasteiger partial charge in [0.05, 0.1) is 6.42 Å². The van der Waals surface area contributed by atoms with Crippen molar-refractivity contribution in [1.82, 2.24) is 5.32 Å². The summed E-state index contributed by atoms with van der Waals surface area (Å²) in [5.41, 5.74) is 11.1. The molecule has 0 heterocycles. The minimum absolute atomic E-state index is 0.195. The number of benzene rings is 4. The summed E-state index contributed by atoms with van der Waals surface area (Å²) in [5, 5.41) is 2.92. The van der Waals surface area contributed by atoms with Crippen molar-refractivity contribution in [3.8, 4) is 11.5 Å². The van der Waals surface area contributed by atoms with Crippen LogP contribution in [0.5, 0.6) is 11.5 Å². The first-order valence-corrected chi connectivity index (χ1v) is 21.5. The molecule has 8 nitrogen and oxygen atoms in total. The number of halogens is 2. The topological polar surface area (TPSA) is 109 Å². The van der Waals surface area contributed by atoms with Crippen molar-refractivity contribution in [2.45, 2.75) is 46.7 Å². The van der Waals surface area contributed by atoms with E-state index in [0.29, 0.717) is 32.8 Å². The van der Waals surface area contributed by atoms with Crippen molar-refractivity contribution >= 4 is 49.2 Å². The smallest absolute Gasteiger partial charge is 0.330 e. The van der Waals surface area contributed by atoms with Crippen molar-refractivity contribution in [2.24, 2.45) is 5.73 Å². The van der Waals surface area contributed by atoms with Crippen LogP contribution < -0.4 is 20.5 Å². The Morgan fingerprint density at radius 3 is 1.38 bits per heavy atom. The Morgan fingerprint density at radius 2 is 1.00 bits per heavy atom. The van der Waals surface area contributed by atoms with Gasteiger partial charge >= 0.3 is 11.9 Å². The first-order valence-electron chi connectivity index (χ1n) is 15.2. The van der Waals surface area contributed by atoms with E-state index in [1.165, 1.54) is 18.2 Å². The average Bonchev–Trinajstić information content (AvgIpc) is 3.14. The zero-order chi connectivity index (χ0) is 35.6. The molecule has 0 spiro atoms. The largest absolute Gasteiger partial charge is 0.489 e. The molecule has 0 aromatic heterocycles. The normalized spacial score (nSPS) is 9.56. The van der Waals surface area contributed by atoms with Gasteiger partial charge in [0.15, 0.2) is 0 Å². The molecule has 0 amide bonds. The number of nitrogens with two attached hydrogens (primary N) is 1. The molecule has 258 valence electrons. The van der Waals surface area contributed by atoms with E-state index in [9.17, 15) is 9.59 Å². The molecule has 4 aromatic carbocycles. The van der Waals surface area contributed by atoms with Gasteiger partial charge in [-0.2, -0.15) is 0 Å². The van der Waals surface area contributed by atoms with Crippen LogP contribution in [0.4, 0.5) is 0 Å². The molecule has 3 N–H and O–H groups in total. The molecule has 4 rings (SSSR count). The van der Waals surface area contributed by atoms with Gasteiger partial charge in [0.1, 0.15) is 37.9 Å². The second-order valence-electron chi connectivity index (χ2n) is 10.2. The number of carbonyl (C=O) groups excluding carboxylic acids is 2. The summed E-state index contributed by atoms with van der Waals surface area (Å²) in [4.78, 5) is 22.4. The first kappa shape index (κ1) is 42.6. The van der Waals surface area contributed by atoms with Crippen LogP contribution in [0.15, 0.2) is 110 Å². The number of ether oxygens (including phenoxy) is 4. The highest BCUT2D eigenvalue weighted by molar-refractivity contribution is 15.0. The molecule has 0 unspecified atom stereocenters. The van der Waals surface area contributed by atoms with Gasteiger partial charge in [0.25, 0.3) is 0 Å². The molecule has 0 atom stereocenters. The van der Waals surface area contributed by atoms with Crippen LogP contribution in [0.1, 0.15) is 39.8 Å². The molecule has 0 aliphatic carbocycles. The van der Waals surface area contributed by atoms with Crippen LogP contribution in [0.3, 0.4) is 0 Å². The summed E-state index contributed by atoms with van der Waals surface area (Å²) in [6.07, 6.45) is 1.54. The number of carbonyl (C=O) groups is 2. The third-order valence-corrected chi connectivity index (χ3v) is 6.43. The van der Waals surface area contributed by atoms with E-state index in [4.69, 9.17) is 18.9 Å². The predicted octanol–water partition coefficient (Wildman–Crippen LogP) is 8.38. The van der Waals surface area contributed by atoms with Crippen LogP contribution in [-0.4, -0.2) is 32.6 Å². The Kier molecular flexibility index (Phi) is 23.5. The fraction of sp³-hybridized carbons (Fsp3) is 0.263. The molecule has 0 bridgehead atoms. The monoisotopic (exact) mass is 880 g/mol. The number of esters is 2. The summed E-state index contributed by atoms with van der Waals surface area (Å²) in [6.45, 7) is 9.71. The van der Waals surface area contributed by atoms with Crippen molar-refractivity contribution in [2.75, 3.05) is 20.6 Å². The fourth-order valence-electron chi connectivity index (χ4n) is 3.74. The molecule has 0 aliphatic rings. The molecule has 48 heavy (non-hydrogen) atoms. The molecule has 4 aromatic rings. The molecule has 0 radical (unpaired) electrons. The summed E-state index contributed by atoms with van der Waals surface area (Å²) in [5.74, 6) is 0.971. The maximum Gasteiger partial charge on any atom is 0.330 e. The minimum Gasteiger partial charge on any atom is -0.489 e. The standard InChI is InChI=1S/C19H23NO3.C18H18O3.CH5N.I2/c1-15-3-5-16(6-4-15)13-22-18-9-7-17(8-10-18)14-23-19(21)11-12-20-2;1-3-18(19)21-13-16-8-10-17(11-9-16)20-12-15-6-4-14(2)5-7-15;2*1-2/h3-10,20H,11-14H2,1-2H3;3-11H,1,12-13H2,2H3;2H2,1H3;. The highest BCUT2D eigenvalue weighted by atomic mass is 128. The third kappa shape index (κ3) is 18.8.